The molecule has 0 bridgehead atoms. The van der Waals surface area contributed by atoms with Gasteiger partial charge in [-0.3, -0.25) is 0 Å². The van der Waals surface area contributed by atoms with E-state index in [2.05, 4.69) is 46.6 Å². The van der Waals surface area contributed by atoms with Crippen molar-refractivity contribution in [2.75, 3.05) is 13.1 Å². The summed E-state index contributed by atoms with van der Waals surface area (Å²) in [5.41, 5.74) is 0.205. The summed E-state index contributed by atoms with van der Waals surface area (Å²) in [5, 5.41) is 7.72. The summed E-state index contributed by atoms with van der Waals surface area (Å²) >= 11 is 0.963. The minimum absolute atomic E-state index is 0. The molecular weight excluding hydrogens is 488 g/mol. The molecule has 0 spiro atoms. The second-order valence-electron chi connectivity index (χ2n) is 6.42. The largest absolute Gasteiger partial charge is 0.434 e. The zero-order chi connectivity index (χ0) is 19.2. The number of nitrogens with zero attached hydrogens (tertiary/aromatic N) is 2. The topological polar surface area (TPSA) is 49.3 Å². The van der Waals surface area contributed by atoms with Gasteiger partial charge in [0.2, 0.25) is 0 Å². The highest BCUT2D eigenvalue weighted by molar-refractivity contribution is 14.0. The molecule has 0 unspecified atom stereocenters. The minimum atomic E-state index is -4.42. The number of halogens is 4. The van der Waals surface area contributed by atoms with Gasteiger partial charge in [-0.25, -0.2) is 9.98 Å². The summed E-state index contributed by atoms with van der Waals surface area (Å²) in [4.78, 5) is 7.95. The molecule has 0 aliphatic heterocycles. The van der Waals surface area contributed by atoms with Crippen LogP contribution in [0, 0.1) is 0 Å². The van der Waals surface area contributed by atoms with E-state index in [4.69, 9.17) is 0 Å². The van der Waals surface area contributed by atoms with Gasteiger partial charge in [-0.05, 0) is 12.5 Å². The van der Waals surface area contributed by atoms with Crippen LogP contribution in [0.5, 0.6) is 0 Å². The van der Waals surface area contributed by atoms with Crippen LogP contribution in [0.4, 0.5) is 13.2 Å². The van der Waals surface area contributed by atoms with Gasteiger partial charge in [0.1, 0.15) is 5.01 Å². The fraction of sp³-hybridized carbons (Fsp3) is 0.444. The number of rotatable bonds is 6. The Kier molecular flexibility index (Phi) is 9.00. The SMILES string of the molecule is CCNC(=NCc1nc(C(F)(F)F)cs1)NCC(C)(C)c1ccccc1.I. The van der Waals surface area contributed by atoms with Gasteiger partial charge in [-0.15, -0.1) is 35.3 Å². The Balaban J connectivity index is 0.00000364. The molecule has 0 atom stereocenters. The predicted molar refractivity (Wildman–Crippen MR) is 115 cm³/mol. The smallest absolute Gasteiger partial charge is 0.357 e. The van der Waals surface area contributed by atoms with Crippen LogP contribution in [0.2, 0.25) is 0 Å². The van der Waals surface area contributed by atoms with E-state index in [1.54, 1.807) is 0 Å². The lowest BCUT2D eigenvalue weighted by atomic mass is 9.85. The van der Waals surface area contributed by atoms with Crippen molar-refractivity contribution in [2.45, 2.75) is 38.9 Å². The Morgan fingerprint density at radius 2 is 1.81 bits per heavy atom. The summed E-state index contributed by atoms with van der Waals surface area (Å²) in [7, 11) is 0. The third-order valence-electron chi connectivity index (χ3n) is 3.81. The number of aliphatic imine (C=N–C) groups is 1. The predicted octanol–water partition coefficient (Wildman–Crippen LogP) is 4.81. The van der Waals surface area contributed by atoms with Crippen molar-refractivity contribution in [2.24, 2.45) is 4.99 Å². The Labute approximate surface area is 178 Å². The average Bonchev–Trinajstić information content (AvgIpc) is 3.07. The highest BCUT2D eigenvalue weighted by atomic mass is 127. The zero-order valence-electron chi connectivity index (χ0n) is 15.4. The van der Waals surface area contributed by atoms with Crippen LogP contribution in [0.25, 0.3) is 0 Å². The lowest BCUT2D eigenvalue weighted by Crippen LogP contribution is -2.43. The van der Waals surface area contributed by atoms with Gasteiger partial charge in [-0.2, -0.15) is 13.2 Å². The maximum absolute atomic E-state index is 12.6. The highest BCUT2D eigenvalue weighted by Crippen LogP contribution is 2.30. The standard InChI is InChI=1S/C18H23F3N4S.HI/c1-4-22-16(23-10-15-25-14(11-26-15)18(19,20)21)24-12-17(2,3)13-8-6-5-7-9-13;/h5-9,11H,4,10,12H2,1-3H3,(H2,22,23,24);1H. The summed E-state index contributed by atoms with van der Waals surface area (Å²) in [6.45, 7) is 7.56. The third-order valence-corrected chi connectivity index (χ3v) is 4.65. The Morgan fingerprint density at radius 1 is 1.15 bits per heavy atom. The molecule has 1 aromatic carbocycles. The van der Waals surface area contributed by atoms with Crippen LogP contribution < -0.4 is 10.6 Å². The van der Waals surface area contributed by atoms with Gasteiger partial charge in [0.05, 0.1) is 6.54 Å². The normalized spacial score (nSPS) is 12.4. The molecule has 2 aromatic rings. The van der Waals surface area contributed by atoms with Gasteiger partial charge in [0.15, 0.2) is 11.7 Å². The number of nitrogens with one attached hydrogen (secondary N) is 2. The monoisotopic (exact) mass is 512 g/mol. The second kappa shape index (κ2) is 10.3. The number of benzene rings is 1. The summed E-state index contributed by atoms with van der Waals surface area (Å²) in [6, 6.07) is 10.1. The fourth-order valence-electron chi connectivity index (χ4n) is 2.30. The van der Waals surface area contributed by atoms with Crippen molar-refractivity contribution < 1.29 is 13.2 Å². The highest BCUT2D eigenvalue weighted by Gasteiger charge is 2.33. The van der Waals surface area contributed by atoms with E-state index in [1.165, 1.54) is 5.56 Å². The van der Waals surface area contributed by atoms with Gasteiger partial charge in [-0.1, -0.05) is 44.2 Å². The van der Waals surface area contributed by atoms with E-state index in [0.29, 0.717) is 24.1 Å². The lowest BCUT2D eigenvalue weighted by molar-refractivity contribution is -0.140. The number of hydrogen-bond acceptors (Lipinski definition) is 3. The molecule has 0 saturated heterocycles. The van der Waals surface area contributed by atoms with Crippen molar-refractivity contribution in [3.63, 3.8) is 0 Å². The molecule has 4 nitrogen and oxygen atoms in total. The van der Waals surface area contributed by atoms with Gasteiger partial charge < -0.3 is 10.6 Å². The van der Waals surface area contributed by atoms with Crippen LogP contribution in [-0.4, -0.2) is 24.0 Å². The van der Waals surface area contributed by atoms with E-state index in [0.717, 1.165) is 16.7 Å². The first kappa shape index (κ1) is 23.7. The van der Waals surface area contributed by atoms with E-state index < -0.39 is 11.9 Å². The number of guanidine groups is 1. The van der Waals surface area contributed by atoms with Crippen LogP contribution >= 0.6 is 35.3 Å². The van der Waals surface area contributed by atoms with Crippen LogP contribution in [0.1, 0.15) is 37.0 Å². The average molecular weight is 512 g/mol. The lowest BCUT2D eigenvalue weighted by Gasteiger charge is -2.26. The number of alkyl halides is 3. The quantitative estimate of drug-likeness (QED) is 0.332. The molecule has 0 aliphatic rings. The second-order valence-corrected chi connectivity index (χ2v) is 7.37. The van der Waals surface area contributed by atoms with Crippen molar-refractivity contribution in [1.29, 1.82) is 0 Å². The zero-order valence-corrected chi connectivity index (χ0v) is 18.6. The number of thiazole rings is 1. The van der Waals surface area contributed by atoms with Crippen molar-refractivity contribution in [3.05, 3.63) is 52.0 Å². The van der Waals surface area contributed by atoms with Crippen LogP contribution in [0.15, 0.2) is 40.7 Å². The van der Waals surface area contributed by atoms with Gasteiger partial charge in [0.25, 0.3) is 0 Å². The molecule has 2 N–H and O–H groups in total. The third kappa shape index (κ3) is 7.28. The first-order valence-electron chi connectivity index (χ1n) is 8.31. The number of hydrogen-bond donors (Lipinski definition) is 2. The molecule has 0 saturated carbocycles. The minimum Gasteiger partial charge on any atom is -0.357 e. The molecule has 1 aromatic heterocycles. The maximum atomic E-state index is 12.6. The molecule has 1 heterocycles. The summed E-state index contributed by atoms with van der Waals surface area (Å²) in [5.74, 6) is 0.556. The van der Waals surface area contributed by atoms with Crippen molar-refractivity contribution in [1.82, 2.24) is 15.6 Å². The molecule has 150 valence electrons. The number of aromatic nitrogens is 1. The summed E-state index contributed by atoms with van der Waals surface area (Å²) in [6.07, 6.45) is -4.42. The maximum Gasteiger partial charge on any atom is 0.434 e. The first-order chi connectivity index (χ1) is 12.2. The molecule has 2 rings (SSSR count). The van der Waals surface area contributed by atoms with Gasteiger partial charge in [0, 0.05) is 23.9 Å². The van der Waals surface area contributed by atoms with Gasteiger partial charge >= 0.3 is 6.18 Å². The Morgan fingerprint density at radius 3 is 2.37 bits per heavy atom. The molecule has 9 heteroatoms. The molecule has 0 radical (unpaired) electrons. The van der Waals surface area contributed by atoms with Crippen LogP contribution in [-0.2, 0) is 18.1 Å². The Hall–Kier alpha value is -1.36. The van der Waals surface area contributed by atoms with Crippen molar-refractivity contribution >= 4 is 41.3 Å². The van der Waals surface area contributed by atoms with E-state index in [1.807, 2.05) is 25.1 Å². The molecular formula is C18H24F3IN4S. The molecule has 27 heavy (non-hydrogen) atoms. The van der Waals surface area contributed by atoms with Crippen LogP contribution in [0.3, 0.4) is 0 Å². The molecule has 0 amide bonds. The fourth-order valence-corrected chi connectivity index (χ4v) is 3.02. The molecule has 0 fully saturated rings. The Bertz CT molecular complexity index is 730. The van der Waals surface area contributed by atoms with E-state index in [-0.39, 0.29) is 35.9 Å². The first-order valence-corrected chi connectivity index (χ1v) is 9.19. The van der Waals surface area contributed by atoms with Crippen molar-refractivity contribution in [3.8, 4) is 0 Å². The van der Waals surface area contributed by atoms with E-state index in [9.17, 15) is 13.2 Å². The van der Waals surface area contributed by atoms with E-state index >= 15 is 0 Å². The molecule has 0 aliphatic carbocycles. The summed E-state index contributed by atoms with van der Waals surface area (Å²) < 4.78 is 37.9.